The van der Waals surface area contributed by atoms with Crippen molar-refractivity contribution in [1.82, 2.24) is 14.6 Å². The normalized spacial score (nSPS) is 29.7. The maximum atomic E-state index is 14.8. The molecular formula is C40H48ClF4N3O9S. The molecule has 318 valence electrons. The number of ketones is 1. The standard InChI is InChI=1S/C40H48ClF4N3O9S/c1-22-9-6-7-10-24-18-38(24,36(52)47-58(53,54)39(42)13-14-39)19-30(49)29-16-25(56-34-26-11-8-12-28(41)33(26)31(55-5)20-46-34)21-48(29)35(51)27(23(2)15-22)17-32(50)57-37(3,4)40(43,44)45/h7-8,10-12,20,22-25,27,29H,6,9,13-19,21H2,1-5H3,(H,47,52)/b10-7-/t22-,23-,24-,25-,27+,29+,38-/m1/s1. The van der Waals surface area contributed by atoms with E-state index in [0.29, 0.717) is 54.7 Å². The van der Waals surface area contributed by atoms with Crippen molar-refractivity contribution in [3.8, 4) is 11.6 Å². The smallest absolute Gasteiger partial charge is 0.427 e. The van der Waals surface area contributed by atoms with Crippen molar-refractivity contribution in [2.45, 2.75) is 114 Å². The van der Waals surface area contributed by atoms with Crippen molar-refractivity contribution in [3.05, 3.63) is 41.6 Å². The largest absolute Gasteiger partial charge is 0.494 e. The molecule has 1 aromatic carbocycles. The molecule has 18 heteroatoms. The fourth-order valence-corrected chi connectivity index (χ4v) is 9.69. The van der Waals surface area contributed by atoms with Gasteiger partial charge in [-0.05, 0) is 69.4 Å². The minimum absolute atomic E-state index is 0.0345. The van der Waals surface area contributed by atoms with Crippen molar-refractivity contribution in [3.63, 3.8) is 0 Å². The zero-order valence-electron chi connectivity index (χ0n) is 32.9. The quantitative estimate of drug-likeness (QED) is 0.158. The lowest BCUT2D eigenvalue weighted by atomic mass is 9.82. The van der Waals surface area contributed by atoms with Crippen molar-refractivity contribution < 1.29 is 59.4 Å². The molecule has 2 aliphatic heterocycles. The summed E-state index contributed by atoms with van der Waals surface area (Å²) < 4.78 is 100. The third kappa shape index (κ3) is 8.66. The lowest BCUT2D eigenvalue weighted by Gasteiger charge is -2.33. The van der Waals surface area contributed by atoms with E-state index in [1.54, 1.807) is 31.2 Å². The van der Waals surface area contributed by atoms with Crippen LogP contribution in [0.5, 0.6) is 11.6 Å². The number of pyridine rings is 1. The number of carbonyl (C=O) groups excluding carboxylic acids is 4. The summed E-state index contributed by atoms with van der Waals surface area (Å²) in [5, 5.41) is -1.27. The number of aromatic nitrogens is 1. The number of halogens is 5. The Labute approximate surface area is 339 Å². The average molecular weight is 858 g/mol. The Balaban J connectivity index is 1.36. The number of ether oxygens (including phenoxy) is 3. The molecule has 0 unspecified atom stereocenters. The number of benzene rings is 1. The predicted octanol–water partition coefficient (Wildman–Crippen LogP) is 7.02. The average Bonchev–Trinajstić information content (AvgIpc) is 4.01. The molecule has 2 aliphatic carbocycles. The molecule has 7 atom stereocenters. The first-order valence-corrected chi connectivity index (χ1v) is 21.2. The molecule has 2 amide bonds. The van der Waals surface area contributed by atoms with E-state index in [-0.39, 0.29) is 44.0 Å². The lowest BCUT2D eigenvalue weighted by Crippen LogP contribution is -2.48. The Morgan fingerprint density at radius 3 is 2.48 bits per heavy atom. The summed E-state index contributed by atoms with van der Waals surface area (Å²) >= 11 is 6.51. The maximum absolute atomic E-state index is 14.8. The van der Waals surface area contributed by atoms with Crippen molar-refractivity contribution in [2.24, 2.45) is 29.1 Å². The summed E-state index contributed by atoms with van der Waals surface area (Å²) in [6.45, 7) is 4.87. The molecule has 3 heterocycles. The maximum Gasteiger partial charge on any atom is 0.427 e. The number of methoxy groups -OCH3 is 1. The van der Waals surface area contributed by atoms with Crippen LogP contribution in [0.4, 0.5) is 17.6 Å². The predicted molar refractivity (Wildman–Crippen MR) is 204 cm³/mol. The summed E-state index contributed by atoms with van der Waals surface area (Å²) in [4.78, 5) is 62.0. The van der Waals surface area contributed by atoms with Gasteiger partial charge in [0, 0.05) is 36.5 Å². The number of alkyl halides is 4. The molecule has 2 saturated carbocycles. The van der Waals surface area contributed by atoms with Gasteiger partial charge in [-0.3, -0.25) is 19.2 Å². The van der Waals surface area contributed by atoms with Crippen molar-refractivity contribution in [1.29, 1.82) is 0 Å². The fourth-order valence-electron chi connectivity index (χ4n) is 8.15. The van der Waals surface area contributed by atoms with Gasteiger partial charge >= 0.3 is 12.1 Å². The number of rotatable bonds is 9. The van der Waals surface area contributed by atoms with Crippen LogP contribution in [0.1, 0.15) is 85.5 Å². The van der Waals surface area contributed by atoms with Gasteiger partial charge in [-0.15, -0.1) is 0 Å². The molecule has 2 aromatic rings. The van der Waals surface area contributed by atoms with Crippen LogP contribution in [0.25, 0.3) is 10.8 Å². The third-order valence-electron chi connectivity index (χ3n) is 12.0. The molecule has 0 bridgehead atoms. The monoisotopic (exact) mass is 857 g/mol. The van der Waals surface area contributed by atoms with Gasteiger partial charge in [0.2, 0.25) is 28.3 Å². The van der Waals surface area contributed by atoms with Crippen LogP contribution in [-0.4, -0.2) is 84.4 Å². The van der Waals surface area contributed by atoms with E-state index in [9.17, 15) is 45.2 Å². The highest BCUT2D eigenvalue weighted by molar-refractivity contribution is 7.91. The van der Waals surface area contributed by atoms with Crippen LogP contribution in [0, 0.1) is 29.1 Å². The Bertz CT molecular complexity index is 2110. The van der Waals surface area contributed by atoms with Crippen molar-refractivity contribution >= 4 is 56.0 Å². The van der Waals surface area contributed by atoms with Gasteiger partial charge < -0.3 is 19.1 Å². The van der Waals surface area contributed by atoms with Crippen LogP contribution < -0.4 is 14.2 Å². The topological polar surface area (TPSA) is 158 Å². The number of esters is 1. The van der Waals surface area contributed by atoms with Gasteiger partial charge in [0.1, 0.15) is 11.9 Å². The molecule has 58 heavy (non-hydrogen) atoms. The lowest BCUT2D eigenvalue weighted by molar-refractivity contribution is -0.257. The van der Waals surface area contributed by atoms with Gasteiger partial charge in [-0.1, -0.05) is 43.7 Å². The minimum Gasteiger partial charge on any atom is -0.494 e. The van der Waals surface area contributed by atoms with Gasteiger partial charge in [0.25, 0.3) is 10.0 Å². The summed E-state index contributed by atoms with van der Waals surface area (Å²) in [5.74, 6) is -5.48. The number of amides is 2. The SMILES string of the molecule is COc1cnc(O[C@@H]2C[C@H]3C(=O)C[C@]4(C(=O)NS(=O)(=O)C5(F)CC5)C[C@H]4/C=C\CC[C@@H](C)C[C@@H](C)[C@H](CC(=O)OC(C)(C)C(F)(F)F)C(=O)N3C2)c2cccc(Cl)c12. The Kier molecular flexibility index (Phi) is 11.9. The van der Waals surface area contributed by atoms with E-state index in [2.05, 4.69) is 4.98 Å². The van der Waals surface area contributed by atoms with Gasteiger partial charge in [-0.25, -0.2) is 22.5 Å². The number of nitrogens with one attached hydrogen (secondary N) is 1. The number of hydrogen-bond acceptors (Lipinski definition) is 10. The van der Waals surface area contributed by atoms with Gasteiger partial charge in [0.05, 0.1) is 48.7 Å². The fraction of sp³-hybridized carbons (Fsp3) is 0.625. The number of hydrogen-bond donors (Lipinski definition) is 1. The minimum atomic E-state index is -4.89. The Morgan fingerprint density at radius 2 is 1.83 bits per heavy atom. The first-order valence-electron chi connectivity index (χ1n) is 19.3. The van der Waals surface area contributed by atoms with Crippen LogP contribution in [0.3, 0.4) is 0 Å². The van der Waals surface area contributed by atoms with Crippen LogP contribution in [0.15, 0.2) is 36.5 Å². The van der Waals surface area contributed by atoms with Crippen molar-refractivity contribution in [2.75, 3.05) is 13.7 Å². The van der Waals surface area contributed by atoms with Crippen LogP contribution >= 0.6 is 11.6 Å². The summed E-state index contributed by atoms with van der Waals surface area (Å²) in [7, 11) is -3.26. The molecule has 3 fully saturated rings. The van der Waals surface area contributed by atoms with E-state index in [4.69, 9.17) is 25.8 Å². The zero-order chi connectivity index (χ0) is 42.6. The summed E-state index contributed by atoms with van der Waals surface area (Å²) in [6, 6.07) is 3.76. The van der Waals surface area contributed by atoms with E-state index in [0.717, 1.165) is 0 Å². The van der Waals surface area contributed by atoms with Crippen LogP contribution in [-0.2, 0) is 33.9 Å². The molecule has 1 N–H and O–H groups in total. The Morgan fingerprint density at radius 1 is 1.12 bits per heavy atom. The van der Waals surface area contributed by atoms with E-state index < -0.39 is 98.5 Å². The van der Waals surface area contributed by atoms with Crippen LogP contribution in [0.2, 0.25) is 5.02 Å². The molecule has 12 nitrogen and oxygen atoms in total. The molecule has 0 spiro atoms. The molecule has 1 saturated heterocycles. The Hall–Kier alpha value is -3.99. The molecule has 4 aliphatic rings. The number of fused-ring (bicyclic) bond motifs is 3. The number of Topliss-reactive ketones (excluding diaryl/α,β-unsaturated/α-hetero) is 1. The third-order valence-corrected chi connectivity index (χ3v) is 14.2. The second kappa shape index (κ2) is 15.9. The zero-order valence-corrected chi connectivity index (χ0v) is 34.4. The highest BCUT2D eigenvalue weighted by Gasteiger charge is 2.64. The number of sulfonamides is 1. The first kappa shape index (κ1) is 43.6. The second-order valence-electron chi connectivity index (χ2n) is 16.8. The number of carbonyl (C=O) groups is 4. The number of nitrogens with zero attached hydrogens (tertiary/aromatic N) is 2. The summed E-state index contributed by atoms with van der Waals surface area (Å²) in [5.41, 5.74) is -4.40. The number of allylic oxidation sites excluding steroid dienone is 2. The van der Waals surface area contributed by atoms with E-state index in [1.807, 2.05) is 17.7 Å². The first-order chi connectivity index (χ1) is 27.0. The second-order valence-corrected chi connectivity index (χ2v) is 19.2. The molecule has 0 radical (unpaired) electrons. The van der Waals surface area contributed by atoms with E-state index >= 15 is 0 Å². The van der Waals surface area contributed by atoms with Gasteiger partial charge in [-0.2, -0.15) is 13.2 Å². The van der Waals surface area contributed by atoms with E-state index in [1.165, 1.54) is 18.2 Å². The summed E-state index contributed by atoms with van der Waals surface area (Å²) in [6.07, 6.45) is -1.06. The van der Waals surface area contributed by atoms with Gasteiger partial charge in [0.15, 0.2) is 5.78 Å². The highest BCUT2D eigenvalue weighted by Crippen LogP contribution is 2.58. The molecular weight excluding hydrogens is 810 g/mol. The highest BCUT2D eigenvalue weighted by atomic mass is 35.5. The molecule has 1 aromatic heterocycles. The molecule has 6 rings (SSSR count).